The van der Waals surface area contributed by atoms with Crippen LogP contribution in [0.1, 0.15) is 35.2 Å². The van der Waals surface area contributed by atoms with E-state index in [1.54, 1.807) is 31.2 Å². The number of halogens is 2. The minimum absolute atomic E-state index is 0.0195. The maximum Gasteiger partial charge on any atom is 0.285 e. The van der Waals surface area contributed by atoms with Crippen LogP contribution in [0.15, 0.2) is 144 Å². The first-order chi connectivity index (χ1) is 25.6. The number of thioether (sulfide) groups is 1. The average molecular weight is 768 g/mol. The molecule has 0 spiro atoms. The first-order valence-electron chi connectivity index (χ1n) is 16.1. The summed E-state index contributed by atoms with van der Waals surface area (Å²) in [5, 5.41) is 14.4. The molecule has 4 aromatic rings. The van der Waals surface area contributed by atoms with Crippen molar-refractivity contribution in [3.05, 3.63) is 182 Å². The second-order valence-electron chi connectivity index (χ2n) is 11.3. The number of rotatable bonds is 13. The predicted octanol–water partition coefficient (Wildman–Crippen LogP) is 8.87. The van der Waals surface area contributed by atoms with Gasteiger partial charge in [0.15, 0.2) is 10.9 Å². The molecule has 0 aliphatic carbocycles. The molecule has 1 aliphatic heterocycles. The molecular weight excluding hydrogens is 735 g/mol. The van der Waals surface area contributed by atoms with Crippen LogP contribution in [-0.4, -0.2) is 38.5 Å². The molecule has 1 heterocycles. The van der Waals surface area contributed by atoms with E-state index >= 15 is 0 Å². The van der Waals surface area contributed by atoms with Crippen LogP contribution in [0.5, 0.6) is 5.75 Å². The van der Waals surface area contributed by atoms with E-state index in [-0.39, 0.29) is 50.5 Å². The first-order valence-corrected chi connectivity index (χ1v) is 17.9. The standard InChI is InChI=1S/C40H32Cl2N4O6S/c1-3-5-18-30(4-2)45-39(49)32(21-27-22-33(41)37(34(42)23-27)52-24-26-13-12-19-31(20-26)46(50)51)38(48)44-40(45)53-25-35(47)43-36(28-14-8-6-9-15-28)29-16-10-7-11-17-29/h3-23,36H,1,24-25H2,2H3,(H,43,47)/b18-5-,30-4+,32-21+. The highest BCUT2D eigenvalue weighted by Crippen LogP contribution is 2.36. The Bertz CT molecular complexity index is 2110. The van der Waals surface area contributed by atoms with Gasteiger partial charge in [0, 0.05) is 17.8 Å². The lowest BCUT2D eigenvalue weighted by Gasteiger charge is -2.28. The SMILES string of the molecule is C=C/C=C\C(=C/C)N1C(=O)/C(=C/c2cc(Cl)c(OCc3cccc([N+](=O)[O-])c3)c(Cl)c2)C(=O)N=C1SCC(=O)NC(c1ccccc1)c1ccccc1. The van der Waals surface area contributed by atoms with Crippen LogP contribution in [0, 0.1) is 10.1 Å². The molecule has 0 bridgehead atoms. The number of aliphatic imine (C=N–C) groups is 1. The van der Waals surface area contributed by atoms with E-state index < -0.39 is 22.8 Å². The van der Waals surface area contributed by atoms with E-state index in [1.165, 1.54) is 47.4 Å². The molecule has 0 aromatic heterocycles. The zero-order valence-electron chi connectivity index (χ0n) is 28.3. The van der Waals surface area contributed by atoms with Gasteiger partial charge in [0.05, 0.1) is 26.8 Å². The largest absolute Gasteiger partial charge is 0.486 e. The minimum atomic E-state index is -0.818. The molecule has 0 fully saturated rings. The molecule has 1 aliphatic rings. The number of nitrogens with zero attached hydrogens (tertiary/aromatic N) is 3. The Morgan fingerprint density at radius 3 is 2.23 bits per heavy atom. The summed E-state index contributed by atoms with van der Waals surface area (Å²) in [5.41, 5.74) is 2.67. The molecule has 5 rings (SSSR count). The van der Waals surface area contributed by atoms with Gasteiger partial charge < -0.3 is 10.1 Å². The van der Waals surface area contributed by atoms with E-state index in [4.69, 9.17) is 27.9 Å². The highest BCUT2D eigenvalue weighted by atomic mass is 35.5. The van der Waals surface area contributed by atoms with Crippen LogP contribution in [0.3, 0.4) is 0 Å². The lowest BCUT2D eigenvalue weighted by atomic mass is 9.99. The van der Waals surface area contributed by atoms with Crippen molar-refractivity contribution < 1.29 is 24.0 Å². The monoisotopic (exact) mass is 766 g/mol. The number of carbonyl (C=O) groups excluding carboxylic acids is 3. The Kier molecular flexibility index (Phi) is 13.2. The Morgan fingerprint density at radius 1 is 1.00 bits per heavy atom. The molecule has 13 heteroatoms. The topological polar surface area (TPSA) is 131 Å². The number of nitro groups is 1. The van der Waals surface area contributed by atoms with Crippen molar-refractivity contribution in [1.82, 2.24) is 10.2 Å². The molecule has 0 saturated carbocycles. The van der Waals surface area contributed by atoms with Crippen LogP contribution < -0.4 is 10.1 Å². The molecule has 53 heavy (non-hydrogen) atoms. The van der Waals surface area contributed by atoms with E-state index in [0.29, 0.717) is 16.8 Å². The van der Waals surface area contributed by atoms with Gasteiger partial charge in [-0.15, -0.1) is 0 Å². The zero-order chi connectivity index (χ0) is 37.9. The summed E-state index contributed by atoms with van der Waals surface area (Å²) in [5.74, 6) is -1.86. The van der Waals surface area contributed by atoms with Crippen LogP contribution in [0.25, 0.3) is 6.08 Å². The maximum absolute atomic E-state index is 14.1. The number of nitrogens with one attached hydrogen (secondary N) is 1. The van der Waals surface area contributed by atoms with Crippen molar-refractivity contribution in [2.24, 2.45) is 4.99 Å². The van der Waals surface area contributed by atoms with Crippen molar-refractivity contribution in [3.63, 3.8) is 0 Å². The highest BCUT2D eigenvalue weighted by Gasteiger charge is 2.35. The summed E-state index contributed by atoms with van der Waals surface area (Å²) in [6.45, 7) is 5.37. The summed E-state index contributed by atoms with van der Waals surface area (Å²) in [6.07, 6.45) is 7.80. The Hall–Kier alpha value is -5.75. The fourth-order valence-corrected chi connectivity index (χ4v) is 6.70. The smallest absolute Gasteiger partial charge is 0.285 e. The minimum Gasteiger partial charge on any atom is -0.486 e. The third kappa shape index (κ3) is 9.78. The predicted molar refractivity (Wildman–Crippen MR) is 210 cm³/mol. The number of nitro benzene ring substituents is 1. The number of non-ortho nitro benzene ring substituents is 1. The number of carbonyl (C=O) groups is 3. The quantitative estimate of drug-likeness (QED) is 0.0473. The van der Waals surface area contributed by atoms with E-state index in [2.05, 4.69) is 16.9 Å². The molecule has 0 radical (unpaired) electrons. The van der Waals surface area contributed by atoms with Gasteiger partial charge in [0.1, 0.15) is 12.2 Å². The number of amides is 3. The van der Waals surface area contributed by atoms with Crippen molar-refractivity contribution >= 4 is 69.6 Å². The van der Waals surface area contributed by atoms with Crippen molar-refractivity contribution in [1.29, 1.82) is 0 Å². The number of allylic oxidation sites excluding steroid dienone is 4. The molecule has 4 aromatic carbocycles. The van der Waals surface area contributed by atoms with Crippen LogP contribution >= 0.6 is 35.0 Å². The zero-order valence-corrected chi connectivity index (χ0v) is 30.6. The normalized spacial score (nSPS) is 14.1. The molecule has 10 nitrogen and oxygen atoms in total. The summed E-state index contributed by atoms with van der Waals surface area (Å²) in [6, 6.07) is 27.5. The summed E-state index contributed by atoms with van der Waals surface area (Å²) >= 11 is 14.0. The van der Waals surface area contributed by atoms with E-state index in [9.17, 15) is 24.5 Å². The lowest BCUT2D eigenvalue weighted by Crippen LogP contribution is -2.42. The molecule has 0 saturated heterocycles. The number of ether oxygens (including phenoxy) is 1. The third-order valence-corrected chi connectivity index (χ3v) is 9.25. The molecule has 3 amide bonds. The maximum atomic E-state index is 14.1. The Labute approximate surface area is 320 Å². The van der Waals surface area contributed by atoms with Gasteiger partial charge in [-0.3, -0.25) is 29.4 Å². The van der Waals surface area contributed by atoms with Crippen molar-refractivity contribution in [2.75, 3.05) is 5.75 Å². The van der Waals surface area contributed by atoms with Gasteiger partial charge in [-0.05, 0) is 53.5 Å². The fourth-order valence-electron chi connectivity index (χ4n) is 5.28. The number of hydrogen-bond donors (Lipinski definition) is 1. The van der Waals surface area contributed by atoms with Gasteiger partial charge in [-0.1, -0.05) is 133 Å². The molecule has 0 atom stereocenters. The van der Waals surface area contributed by atoms with Gasteiger partial charge in [0.2, 0.25) is 5.91 Å². The second kappa shape index (κ2) is 18.1. The number of benzene rings is 4. The van der Waals surface area contributed by atoms with Gasteiger partial charge >= 0.3 is 0 Å². The molecule has 1 N–H and O–H groups in total. The van der Waals surface area contributed by atoms with Crippen LogP contribution in [0.2, 0.25) is 10.0 Å². The fraction of sp³-hybridized carbons (Fsp3) is 0.100. The van der Waals surface area contributed by atoms with Crippen molar-refractivity contribution in [2.45, 2.75) is 19.6 Å². The lowest BCUT2D eigenvalue weighted by molar-refractivity contribution is -0.384. The molecule has 0 unspecified atom stereocenters. The Morgan fingerprint density at radius 2 is 1.64 bits per heavy atom. The number of amidine groups is 1. The van der Waals surface area contributed by atoms with E-state index in [0.717, 1.165) is 22.9 Å². The summed E-state index contributed by atoms with van der Waals surface area (Å²) in [7, 11) is 0. The highest BCUT2D eigenvalue weighted by molar-refractivity contribution is 8.14. The van der Waals surface area contributed by atoms with Crippen LogP contribution in [-0.2, 0) is 21.0 Å². The van der Waals surface area contributed by atoms with Crippen molar-refractivity contribution in [3.8, 4) is 5.75 Å². The summed E-state index contributed by atoms with van der Waals surface area (Å²) in [4.78, 5) is 57.1. The van der Waals surface area contributed by atoms with Gasteiger partial charge in [0.25, 0.3) is 17.5 Å². The number of hydrogen-bond acceptors (Lipinski definition) is 7. The molecular formula is C40H32Cl2N4O6S. The molecule has 268 valence electrons. The summed E-state index contributed by atoms with van der Waals surface area (Å²) < 4.78 is 5.78. The third-order valence-electron chi connectivity index (χ3n) is 7.75. The van der Waals surface area contributed by atoms with Gasteiger partial charge in [-0.2, -0.15) is 4.99 Å². The van der Waals surface area contributed by atoms with Gasteiger partial charge in [-0.25, -0.2) is 0 Å². The van der Waals surface area contributed by atoms with Crippen LogP contribution in [0.4, 0.5) is 5.69 Å². The van der Waals surface area contributed by atoms with E-state index in [1.807, 2.05) is 60.7 Å². The second-order valence-corrected chi connectivity index (χ2v) is 13.1. The average Bonchev–Trinajstić information content (AvgIpc) is 3.16. The first kappa shape index (κ1) is 38.5. The Balaban J connectivity index is 1.39.